The molecule has 182 valence electrons. The Balaban J connectivity index is 2.26. The predicted molar refractivity (Wildman–Crippen MR) is 111 cm³/mol. The van der Waals surface area contributed by atoms with Crippen molar-refractivity contribution in [2.24, 2.45) is 5.16 Å². The molecule has 0 saturated carbocycles. The Hall–Kier alpha value is -2.01. The van der Waals surface area contributed by atoms with E-state index in [1.165, 1.54) is 13.2 Å². The Morgan fingerprint density at radius 2 is 1.58 bits per heavy atom. The van der Waals surface area contributed by atoms with Gasteiger partial charge in [-0.3, -0.25) is 0 Å². The minimum absolute atomic E-state index is 0.0445. The highest BCUT2D eigenvalue weighted by Gasteiger charge is 2.36. The first-order chi connectivity index (χ1) is 15.4. The van der Waals surface area contributed by atoms with E-state index in [0.29, 0.717) is 22.7 Å². The van der Waals surface area contributed by atoms with Crippen molar-refractivity contribution < 1.29 is 41.0 Å². The van der Waals surface area contributed by atoms with Crippen LogP contribution in [0, 0.1) is 0 Å². The van der Waals surface area contributed by atoms with Gasteiger partial charge in [-0.2, -0.15) is 26.3 Å². The summed E-state index contributed by atoms with van der Waals surface area (Å²) in [5.74, 6) is -0.558. The summed E-state index contributed by atoms with van der Waals surface area (Å²) in [5.41, 5.74) is -2.34. The number of ether oxygens (including phenoxy) is 1. The van der Waals surface area contributed by atoms with E-state index in [1.54, 1.807) is 12.1 Å². The minimum atomic E-state index is -4.96. The third kappa shape index (κ3) is 7.77. The van der Waals surface area contributed by atoms with Gasteiger partial charge in [-0.05, 0) is 47.9 Å². The highest BCUT2D eigenvalue weighted by Crippen LogP contribution is 2.36. The Kier molecular flexibility index (Phi) is 9.42. The third-order valence-corrected chi connectivity index (χ3v) is 5.28. The van der Waals surface area contributed by atoms with Crippen molar-refractivity contribution in [2.45, 2.75) is 31.3 Å². The second-order valence-electron chi connectivity index (χ2n) is 6.91. The van der Waals surface area contributed by atoms with Crippen LogP contribution in [0.2, 0.25) is 10.0 Å². The molecule has 0 spiro atoms. The van der Waals surface area contributed by atoms with Gasteiger partial charge in [0.2, 0.25) is 0 Å². The van der Waals surface area contributed by atoms with Gasteiger partial charge < -0.3 is 14.7 Å². The summed E-state index contributed by atoms with van der Waals surface area (Å²) < 4.78 is 83.6. The van der Waals surface area contributed by atoms with Crippen LogP contribution in [0.3, 0.4) is 0 Å². The van der Waals surface area contributed by atoms with Crippen LogP contribution in [0.25, 0.3) is 0 Å². The molecule has 0 radical (unpaired) electrons. The van der Waals surface area contributed by atoms with Gasteiger partial charge in [0.25, 0.3) is 0 Å². The maximum atomic E-state index is 13.0. The van der Waals surface area contributed by atoms with Crippen LogP contribution in [0.4, 0.5) is 26.3 Å². The second-order valence-corrected chi connectivity index (χ2v) is 7.72. The summed E-state index contributed by atoms with van der Waals surface area (Å²) >= 11 is 12.0. The van der Waals surface area contributed by atoms with Gasteiger partial charge in [0.1, 0.15) is 7.11 Å². The van der Waals surface area contributed by atoms with Gasteiger partial charge >= 0.3 is 12.4 Å². The number of aliphatic hydroxyl groups excluding tert-OH is 1. The summed E-state index contributed by atoms with van der Waals surface area (Å²) in [7, 11) is 1.26. The molecule has 0 bridgehead atoms. The average molecular weight is 518 g/mol. The van der Waals surface area contributed by atoms with E-state index in [1.807, 2.05) is 0 Å². The van der Waals surface area contributed by atoms with E-state index >= 15 is 0 Å². The van der Waals surface area contributed by atoms with Crippen LogP contribution in [-0.4, -0.2) is 31.1 Å². The molecular weight excluding hydrogens is 499 g/mol. The monoisotopic (exact) mass is 517 g/mol. The first kappa shape index (κ1) is 27.2. The van der Waals surface area contributed by atoms with Gasteiger partial charge in [0.15, 0.2) is 0 Å². The van der Waals surface area contributed by atoms with Crippen LogP contribution >= 0.6 is 23.2 Å². The average Bonchev–Trinajstić information content (AvgIpc) is 2.72. The molecule has 1 unspecified atom stereocenters. The number of halogens is 8. The van der Waals surface area contributed by atoms with E-state index in [0.717, 1.165) is 0 Å². The van der Waals surface area contributed by atoms with Crippen LogP contribution in [0.1, 0.15) is 34.6 Å². The maximum absolute atomic E-state index is 13.0. The maximum Gasteiger partial charge on any atom is 0.416 e. The molecule has 0 aliphatic heterocycles. The molecule has 0 aromatic heterocycles. The zero-order chi connectivity index (χ0) is 24.8. The van der Waals surface area contributed by atoms with Crippen LogP contribution in [0.5, 0.6) is 0 Å². The molecule has 0 amide bonds. The summed E-state index contributed by atoms with van der Waals surface area (Å²) in [6.45, 7) is -1.10. The Bertz CT molecular complexity index is 947. The van der Waals surface area contributed by atoms with Crippen LogP contribution < -0.4 is 0 Å². The lowest BCUT2D eigenvalue weighted by molar-refractivity contribution is -0.143. The third-order valence-electron chi connectivity index (χ3n) is 4.54. The van der Waals surface area contributed by atoms with E-state index in [9.17, 15) is 31.4 Å². The largest absolute Gasteiger partial charge is 0.416 e. The Morgan fingerprint density at radius 3 is 2.06 bits per heavy atom. The number of hydrogen-bond acceptors (Lipinski definition) is 4. The number of nitrogens with zero attached hydrogens (tertiary/aromatic N) is 1. The summed E-state index contributed by atoms with van der Waals surface area (Å²) in [4.78, 5) is 4.81. The normalized spacial score (nSPS) is 13.8. The number of benzene rings is 2. The topological polar surface area (TPSA) is 51.0 Å². The van der Waals surface area contributed by atoms with Crippen molar-refractivity contribution in [3.8, 4) is 0 Å². The molecule has 2 aromatic carbocycles. The highest BCUT2D eigenvalue weighted by atomic mass is 35.5. The summed E-state index contributed by atoms with van der Waals surface area (Å²) in [6.07, 6.45) is -9.75. The first-order valence-electron chi connectivity index (χ1n) is 9.38. The predicted octanol–water partition coefficient (Wildman–Crippen LogP) is 6.72. The lowest BCUT2D eigenvalue weighted by Crippen LogP contribution is -2.21. The van der Waals surface area contributed by atoms with Crippen molar-refractivity contribution in [1.82, 2.24) is 0 Å². The lowest BCUT2D eigenvalue weighted by Gasteiger charge is -2.19. The second kappa shape index (κ2) is 11.4. The smallest absolute Gasteiger partial charge is 0.399 e. The molecule has 4 nitrogen and oxygen atoms in total. The first-order valence-corrected chi connectivity index (χ1v) is 10.1. The molecule has 1 N–H and O–H groups in total. The Morgan fingerprint density at radius 1 is 0.970 bits per heavy atom. The molecule has 1 atom stereocenters. The minimum Gasteiger partial charge on any atom is -0.399 e. The molecule has 0 heterocycles. The molecular formula is C21H19Cl2F6NO3. The van der Waals surface area contributed by atoms with Crippen molar-refractivity contribution in [1.29, 1.82) is 0 Å². The van der Waals surface area contributed by atoms with Gasteiger partial charge in [0, 0.05) is 12.5 Å². The van der Waals surface area contributed by atoms with Crippen LogP contribution in [-0.2, 0) is 28.5 Å². The van der Waals surface area contributed by atoms with E-state index in [4.69, 9.17) is 32.8 Å². The lowest BCUT2D eigenvalue weighted by atomic mass is 9.91. The fourth-order valence-corrected chi connectivity index (χ4v) is 3.37. The summed E-state index contributed by atoms with van der Waals surface area (Å²) in [6, 6.07) is 5.96. The Labute approximate surface area is 195 Å². The molecule has 0 aliphatic carbocycles. The van der Waals surface area contributed by atoms with Crippen molar-refractivity contribution in [2.75, 3.05) is 20.3 Å². The van der Waals surface area contributed by atoms with E-state index in [2.05, 4.69) is 5.16 Å². The number of alkyl halides is 6. The van der Waals surface area contributed by atoms with Gasteiger partial charge in [-0.1, -0.05) is 34.4 Å². The van der Waals surface area contributed by atoms with E-state index < -0.39 is 36.0 Å². The van der Waals surface area contributed by atoms with Gasteiger partial charge in [-0.15, -0.1) is 0 Å². The standard InChI is InChI=1S/C21H19Cl2F6NO3/c1-32-30-19(16(4-5-31)13-2-3-17(22)18(23)8-13)11-33-10-12-6-14(20(24,25)26)9-15(7-12)21(27,28)29/h2-3,6-9,16,31H,4-5,10-11H2,1H3. The number of aliphatic hydroxyl groups is 1. The zero-order valence-electron chi connectivity index (χ0n) is 17.1. The van der Waals surface area contributed by atoms with Gasteiger partial charge in [0.05, 0.1) is 40.1 Å². The number of oxime groups is 1. The van der Waals surface area contributed by atoms with Crippen molar-refractivity contribution in [3.05, 3.63) is 68.7 Å². The van der Waals surface area contributed by atoms with Crippen LogP contribution in [0.15, 0.2) is 41.6 Å². The van der Waals surface area contributed by atoms with Crippen molar-refractivity contribution >= 4 is 28.9 Å². The molecule has 2 aromatic rings. The quantitative estimate of drug-likeness (QED) is 0.228. The molecule has 2 rings (SSSR count). The van der Waals surface area contributed by atoms with Crippen molar-refractivity contribution in [3.63, 3.8) is 0 Å². The zero-order valence-corrected chi connectivity index (χ0v) is 18.6. The molecule has 33 heavy (non-hydrogen) atoms. The SMILES string of the molecule is CON=C(COCc1cc(C(F)(F)F)cc(C(F)(F)F)c1)C(CCO)c1ccc(Cl)c(Cl)c1. The fraction of sp³-hybridized carbons (Fsp3) is 0.381. The highest BCUT2D eigenvalue weighted by molar-refractivity contribution is 6.42. The molecule has 12 heteroatoms. The summed E-state index contributed by atoms with van der Waals surface area (Å²) in [5, 5.41) is 13.9. The van der Waals surface area contributed by atoms with E-state index in [-0.39, 0.29) is 42.0 Å². The van der Waals surface area contributed by atoms with Gasteiger partial charge in [-0.25, -0.2) is 0 Å². The number of hydrogen-bond donors (Lipinski definition) is 1. The number of rotatable bonds is 9. The molecule has 0 saturated heterocycles. The fourth-order valence-electron chi connectivity index (χ4n) is 3.07. The molecule has 0 aliphatic rings. The molecule has 0 fully saturated rings.